The lowest BCUT2D eigenvalue weighted by Crippen LogP contribution is -2.30. The normalized spacial score (nSPS) is 17.7. The summed E-state index contributed by atoms with van der Waals surface area (Å²) in [5.74, 6) is -1.31. The van der Waals surface area contributed by atoms with Crippen molar-refractivity contribution in [2.75, 3.05) is 19.6 Å². The molecule has 23 heavy (non-hydrogen) atoms. The van der Waals surface area contributed by atoms with Gasteiger partial charge in [-0.1, -0.05) is 0 Å². The van der Waals surface area contributed by atoms with Crippen LogP contribution in [0.3, 0.4) is 0 Å². The van der Waals surface area contributed by atoms with E-state index in [9.17, 15) is 13.6 Å². The van der Waals surface area contributed by atoms with E-state index in [2.05, 4.69) is 5.10 Å². The first-order chi connectivity index (χ1) is 11.0. The Balaban J connectivity index is 1.96. The Labute approximate surface area is 132 Å². The minimum absolute atomic E-state index is 0.116. The van der Waals surface area contributed by atoms with Gasteiger partial charge in [-0.25, -0.2) is 8.78 Å². The molecule has 2 N–H and O–H groups in total. The number of hydrogen-bond acceptors (Lipinski definition) is 3. The Morgan fingerprint density at radius 1 is 1.43 bits per heavy atom. The summed E-state index contributed by atoms with van der Waals surface area (Å²) in [5.41, 5.74) is 6.31. The minimum atomic E-state index is -0.737. The molecule has 1 aromatic carbocycles. The molecule has 0 spiro atoms. The van der Waals surface area contributed by atoms with Crippen molar-refractivity contribution in [2.24, 2.45) is 18.7 Å². The van der Waals surface area contributed by atoms with E-state index in [0.29, 0.717) is 31.1 Å². The zero-order valence-electron chi connectivity index (χ0n) is 12.8. The van der Waals surface area contributed by atoms with Crippen LogP contribution in [0.1, 0.15) is 16.8 Å². The van der Waals surface area contributed by atoms with Crippen LogP contribution >= 0.6 is 0 Å². The van der Waals surface area contributed by atoms with Gasteiger partial charge in [0, 0.05) is 38.0 Å². The molecule has 1 aliphatic rings. The van der Waals surface area contributed by atoms with Crippen molar-refractivity contribution in [1.82, 2.24) is 14.7 Å². The van der Waals surface area contributed by atoms with Crippen LogP contribution in [-0.2, 0) is 7.05 Å². The number of nitrogens with two attached hydrogens (primary N) is 1. The fourth-order valence-corrected chi connectivity index (χ4v) is 2.91. The molecular weight excluding hydrogens is 302 g/mol. The van der Waals surface area contributed by atoms with Crippen LogP contribution in [0, 0.1) is 17.6 Å². The molecule has 1 aliphatic heterocycles. The average Bonchev–Trinajstić information content (AvgIpc) is 3.13. The summed E-state index contributed by atoms with van der Waals surface area (Å²) in [4.78, 5) is 14.4. The summed E-state index contributed by atoms with van der Waals surface area (Å²) in [7, 11) is 1.66. The first-order valence-corrected chi connectivity index (χ1v) is 7.48. The summed E-state index contributed by atoms with van der Waals surface area (Å²) in [5, 5.41) is 4.19. The topological polar surface area (TPSA) is 64.2 Å². The van der Waals surface area contributed by atoms with Crippen LogP contribution in [-0.4, -0.2) is 40.2 Å². The molecule has 0 aliphatic carbocycles. The monoisotopic (exact) mass is 320 g/mol. The highest BCUT2D eigenvalue weighted by atomic mass is 19.1. The van der Waals surface area contributed by atoms with E-state index in [4.69, 9.17) is 5.73 Å². The SMILES string of the molecule is Cn1cc(C(=O)N2CCC(CN)C2)c(-c2ccc(F)cc2F)n1. The lowest BCUT2D eigenvalue weighted by atomic mass is 10.1. The Morgan fingerprint density at radius 2 is 2.22 bits per heavy atom. The third-order valence-electron chi connectivity index (χ3n) is 4.15. The molecule has 1 saturated heterocycles. The first-order valence-electron chi connectivity index (χ1n) is 7.48. The van der Waals surface area contributed by atoms with E-state index >= 15 is 0 Å². The minimum Gasteiger partial charge on any atom is -0.338 e. The van der Waals surface area contributed by atoms with Gasteiger partial charge in [-0.2, -0.15) is 5.10 Å². The molecule has 0 saturated carbocycles. The van der Waals surface area contributed by atoms with E-state index < -0.39 is 11.6 Å². The number of aryl methyl sites for hydroxylation is 1. The molecule has 1 aromatic heterocycles. The summed E-state index contributed by atoms with van der Waals surface area (Å²) in [6.07, 6.45) is 2.43. The van der Waals surface area contributed by atoms with Gasteiger partial charge in [-0.15, -0.1) is 0 Å². The Bertz CT molecular complexity index is 744. The largest absolute Gasteiger partial charge is 0.338 e. The van der Waals surface area contributed by atoms with Crippen molar-refractivity contribution >= 4 is 5.91 Å². The molecule has 7 heteroatoms. The van der Waals surface area contributed by atoms with Gasteiger partial charge < -0.3 is 10.6 Å². The van der Waals surface area contributed by atoms with Crippen molar-refractivity contribution in [1.29, 1.82) is 0 Å². The van der Waals surface area contributed by atoms with Crippen LogP contribution in [0.5, 0.6) is 0 Å². The molecule has 1 fully saturated rings. The van der Waals surface area contributed by atoms with Gasteiger partial charge >= 0.3 is 0 Å². The smallest absolute Gasteiger partial charge is 0.257 e. The molecular formula is C16H18F2N4O. The van der Waals surface area contributed by atoms with Gasteiger partial charge in [0.25, 0.3) is 5.91 Å². The second kappa shape index (κ2) is 6.08. The number of carbonyl (C=O) groups is 1. The van der Waals surface area contributed by atoms with E-state index in [1.54, 1.807) is 18.1 Å². The Morgan fingerprint density at radius 3 is 2.87 bits per heavy atom. The predicted molar refractivity (Wildman–Crippen MR) is 81.6 cm³/mol. The summed E-state index contributed by atoms with van der Waals surface area (Å²) in [6.45, 7) is 1.76. The number of hydrogen-bond donors (Lipinski definition) is 1. The van der Waals surface area contributed by atoms with Crippen LogP contribution < -0.4 is 5.73 Å². The number of benzene rings is 1. The molecule has 2 heterocycles. The second-order valence-electron chi connectivity index (χ2n) is 5.83. The molecule has 3 rings (SSSR count). The molecule has 0 radical (unpaired) electrons. The van der Waals surface area contributed by atoms with Gasteiger partial charge in [-0.3, -0.25) is 9.48 Å². The van der Waals surface area contributed by atoms with E-state index in [-0.39, 0.29) is 17.2 Å². The molecule has 0 bridgehead atoms. The first kappa shape index (κ1) is 15.6. The van der Waals surface area contributed by atoms with Gasteiger partial charge in [0.05, 0.1) is 5.56 Å². The zero-order chi connectivity index (χ0) is 16.6. The molecule has 1 atom stereocenters. The third kappa shape index (κ3) is 2.96. The Hall–Kier alpha value is -2.28. The molecule has 2 aromatic rings. The quantitative estimate of drug-likeness (QED) is 0.938. The van der Waals surface area contributed by atoms with Gasteiger partial charge in [-0.05, 0) is 31.0 Å². The summed E-state index contributed by atoms with van der Waals surface area (Å²) >= 11 is 0. The highest BCUT2D eigenvalue weighted by Gasteiger charge is 2.29. The average molecular weight is 320 g/mol. The van der Waals surface area contributed by atoms with Gasteiger partial charge in [0.1, 0.15) is 17.3 Å². The number of nitrogens with zero attached hydrogens (tertiary/aromatic N) is 3. The van der Waals surface area contributed by atoms with Crippen LogP contribution in [0.4, 0.5) is 8.78 Å². The maximum absolute atomic E-state index is 14.1. The number of carbonyl (C=O) groups excluding carboxylic acids is 1. The van der Waals surface area contributed by atoms with E-state index in [1.807, 2.05) is 0 Å². The van der Waals surface area contributed by atoms with Crippen molar-refractivity contribution in [3.63, 3.8) is 0 Å². The second-order valence-corrected chi connectivity index (χ2v) is 5.83. The lowest BCUT2D eigenvalue weighted by Gasteiger charge is -2.16. The number of halogens is 2. The van der Waals surface area contributed by atoms with Crippen molar-refractivity contribution in [2.45, 2.75) is 6.42 Å². The van der Waals surface area contributed by atoms with Crippen molar-refractivity contribution in [3.05, 3.63) is 41.6 Å². The fraction of sp³-hybridized carbons (Fsp3) is 0.375. The summed E-state index contributed by atoms with van der Waals surface area (Å²) in [6, 6.07) is 3.25. The fourth-order valence-electron chi connectivity index (χ4n) is 2.91. The number of rotatable bonds is 3. The predicted octanol–water partition coefficient (Wildman–Crippen LogP) is 1.79. The molecule has 1 unspecified atom stereocenters. The van der Waals surface area contributed by atoms with E-state index in [1.165, 1.54) is 10.7 Å². The van der Waals surface area contributed by atoms with E-state index in [0.717, 1.165) is 18.6 Å². The molecule has 5 nitrogen and oxygen atoms in total. The van der Waals surface area contributed by atoms with Crippen molar-refractivity contribution in [3.8, 4) is 11.3 Å². The summed E-state index contributed by atoms with van der Waals surface area (Å²) < 4.78 is 28.6. The number of likely N-dealkylation sites (tertiary alicyclic amines) is 1. The molecule has 1 amide bonds. The van der Waals surface area contributed by atoms with Crippen molar-refractivity contribution < 1.29 is 13.6 Å². The standard InChI is InChI=1S/C16H18F2N4O/c1-21-9-13(16(23)22-5-4-10(7-19)8-22)15(20-21)12-3-2-11(17)6-14(12)18/h2-3,6,9-10H,4-5,7-8,19H2,1H3. The van der Waals surface area contributed by atoms with Gasteiger partial charge in [0.15, 0.2) is 0 Å². The molecule has 122 valence electrons. The highest BCUT2D eigenvalue weighted by Crippen LogP contribution is 2.28. The Kier molecular flexibility index (Phi) is 4.12. The van der Waals surface area contributed by atoms with Crippen LogP contribution in [0.15, 0.2) is 24.4 Å². The van der Waals surface area contributed by atoms with Crippen LogP contribution in [0.25, 0.3) is 11.3 Å². The lowest BCUT2D eigenvalue weighted by molar-refractivity contribution is 0.0788. The zero-order valence-corrected chi connectivity index (χ0v) is 12.8. The number of aromatic nitrogens is 2. The highest BCUT2D eigenvalue weighted by molar-refractivity contribution is 6.00. The van der Waals surface area contributed by atoms with Crippen LogP contribution in [0.2, 0.25) is 0 Å². The van der Waals surface area contributed by atoms with Gasteiger partial charge in [0.2, 0.25) is 0 Å². The maximum atomic E-state index is 14.1. The third-order valence-corrected chi connectivity index (χ3v) is 4.15. The maximum Gasteiger partial charge on any atom is 0.257 e. The number of amides is 1.